The van der Waals surface area contributed by atoms with Crippen LogP contribution >= 0.6 is 0 Å². The van der Waals surface area contributed by atoms with Crippen LogP contribution in [0.1, 0.15) is 6.92 Å². The minimum atomic E-state index is -0.338. The Morgan fingerprint density at radius 2 is 2.50 bits per heavy atom. The van der Waals surface area contributed by atoms with Gasteiger partial charge in [-0.05, 0) is 6.54 Å². The summed E-state index contributed by atoms with van der Waals surface area (Å²) in [5.74, 6) is 0. The summed E-state index contributed by atoms with van der Waals surface area (Å²) in [5, 5.41) is 2.94. The number of nitrogens with one attached hydrogen (secondary N) is 1. The highest BCUT2D eigenvalue weighted by Crippen LogP contribution is 1.64. The van der Waals surface area contributed by atoms with Crippen molar-refractivity contribution in [2.24, 2.45) is 5.73 Å². The quantitative estimate of drug-likeness (QED) is 0.469. The van der Waals surface area contributed by atoms with E-state index in [0.717, 1.165) is 12.8 Å². The number of carbonyl (C=O) groups excluding carboxylic acids is 1. The Morgan fingerprint density at radius 1 is 1.88 bits per heavy atom. The number of aldehydes is 1. The van der Waals surface area contributed by atoms with E-state index >= 15 is 0 Å². The molecule has 0 aromatic carbocycles. The van der Waals surface area contributed by atoms with E-state index in [1.165, 1.54) is 0 Å². The molecule has 1 atom stereocenters. The summed E-state index contributed by atoms with van der Waals surface area (Å²) >= 11 is 0. The van der Waals surface area contributed by atoms with Crippen molar-refractivity contribution in [3.05, 3.63) is 0 Å². The van der Waals surface area contributed by atoms with Gasteiger partial charge in [0.15, 0.2) is 0 Å². The zero-order valence-corrected chi connectivity index (χ0v) is 5.05. The molecule has 48 valence electrons. The molecule has 0 aliphatic heterocycles. The summed E-state index contributed by atoms with van der Waals surface area (Å²) in [5.41, 5.74) is 5.23. The van der Waals surface area contributed by atoms with E-state index in [9.17, 15) is 4.79 Å². The lowest BCUT2D eigenvalue weighted by atomic mass is 10.3. The molecule has 0 rings (SSSR count). The molecule has 0 spiro atoms. The van der Waals surface area contributed by atoms with E-state index < -0.39 is 0 Å². The molecule has 0 saturated heterocycles. The third-order valence-corrected chi connectivity index (χ3v) is 0.805. The first kappa shape index (κ1) is 7.59. The molecule has 0 aromatic heterocycles. The summed E-state index contributed by atoms with van der Waals surface area (Å²) in [6.45, 7) is 3.42. The molecular formula is C5H12N2O. The van der Waals surface area contributed by atoms with Gasteiger partial charge >= 0.3 is 0 Å². The average molecular weight is 116 g/mol. The largest absolute Gasteiger partial charge is 0.321 e. The fourth-order valence-electron chi connectivity index (χ4n) is 0.359. The fraction of sp³-hybridized carbons (Fsp3) is 0.800. The molecular weight excluding hydrogens is 104 g/mol. The van der Waals surface area contributed by atoms with Crippen LogP contribution in [0.5, 0.6) is 0 Å². The summed E-state index contributed by atoms with van der Waals surface area (Å²) in [7, 11) is 0. The fourth-order valence-corrected chi connectivity index (χ4v) is 0.359. The van der Waals surface area contributed by atoms with Gasteiger partial charge in [-0.15, -0.1) is 0 Å². The van der Waals surface area contributed by atoms with Crippen LogP contribution in [-0.4, -0.2) is 25.4 Å². The standard InChI is InChI=1S/C5H12N2O/c1-2-7-3-5(6)4-8/h4-5,7H,2-3,6H2,1H3. The molecule has 1 unspecified atom stereocenters. The molecule has 8 heavy (non-hydrogen) atoms. The van der Waals surface area contributed by atoms with Gasteiger partial charge in [-0.2, -0.15) is 0 Å². The summed E-state index contributed by atoms with van der Waals surface area (Å²) in [6, 6.07) is -0.338. The van der Waals surface area contributed by atoms with Gasteiger partial charge in [-0.3, -0.25) is 0 Å². The number of likely N-dealkylation sites (N-methyl/N-ethyl adjacent to an activating group) is 1. The van der Waals surface area contributed by atoms with Crippen molar-refractivity contribution in [1.82, 2.24) is 5.32 Å². The molecule has 0 fully saturated rings. The van der Waals surface area contributed by atoms with E-state index in [1.54, 1.807) is 0 Å². The van der Waals surface area contributed by atoms with Crippen LogP contribution in [0.2, 0.25) is 0 Å². The number of rotatable bonds is 4. The highest BCUT2D eigenvalue weighted by molar-refractivity contribution is 5.57. The second-order valence-electron chi connectivity index (χ2n) is 1.61. The first-order chi connectivity index (χ1) is 3.81. The van der Waals surface area contributed by atoms with Crippen LogP contribution in [0, 0.1) is 0 Å². The molecule has 3 heteroatoms. The van der Waals surface area contributed by atoms with Gasteiger partial charge in [0.1, 0.15) is 6.29 Å². The monoisotopic (exact) mass is 116 g/mol. The first-order valence-electron chi connectivity index (χ1n) is 2.72. The molecule has 0 amide bonds. The van der Waals surface area contributed by atoms with Crippen LogP contribution < -0.4 is 11.1 Å². The lowest BCUT2D eigenvalue weighted by Gasteiger charge is -2.01. The topological polar surface area (TPSA) is 55.1 Å². The summed E-state index contributed by atoms with van der Waals surface area (Å²) in [4.78, 5) is 9.85. The second-order valence-corrected chi connectivity index (χ2v) is 1.61. The van der Waals surface area contributed by atoms with E-state index in [-0.39, 0.29) is 6.04 Å². The normalized spacial score (nSPS) is 13.2. The Hall–Kier alpha value is -0.410. The van der Waals surface area contributed by atoms with E-state index in [1.807, 2.05) is 6.92 Å². The third kappa shape index (κ3) is 3.77. The minimum Gasteiger partial charge on any atom is -0.321 e. The predicted molar refractivity (Wildman–Crippen MR) is 32.6 cm³/mol. The summed E-state index contributed by atoms with van der Waals surface area (Å²) in [6.07, 6.45) is 0.739. The average Bonchev–Trinajstić information content (AvgIpc) is 1.83. The Balaban J connectivity index is 2.98. The van der Waals surface area contributed by atoms with Crippen LogP contribution in [0.15, 0.2) is 0 Å². The third-order valence-electron chi connectivity index (χ3n) is 0.805. The van der Waals surface area contributed by atoms with Gasteiger partial charge in [0.05, 0.1) is 6.04 Å². The molecule has 0 radical (unpaired) electrons. The Labute approximate surface area is 49.3 Å². The van der Waals surface area contributed by atoms with E-state index in [4.69, 9.17) is 5.73 Å². The van der Waals surface area contributed by atoms with Crippen LogP contribution in [0.4, 0.5) is 0 Å². The van der Waals surface area contributed by atoms with Gasteiger partial charge in [0.25, 0.3) is 0 Å². The van der Waals surface area contributed by atoms with Crippen molar-refractivity contribution in [1.29, 1.82) is 0 Å². The zero-order valence-electron chi connectivity index (χ0n) is 5.05. The minimum absolute atomic E-state index is 0.338. The number of hydrogen-bond acceptors (Lipinski definition) is 3. The van der Waals surface area contributed by atoms with Crippen LogP contribution in [-0.2, 0) is 4.79 Å². The van der Waals surface area contributed by atoms with Crippen molar-refractivity contribution in [3.8, 4) is 0 Å². The number of nitrogens with two attached hydrogens (primary N) is 1. The van der Waals surface area contributed by atoms with Crippen molar-refractivity contribution < 1.29 is 4.79 Å². The second kappa shape index (κ2) is 4.74. The van der Waals surface area contributed by atoms with Crippen LogP contribution in [0.25, 0.3) is 0 Å². The van der Waals surface area contributed by atoms with E-state index in [0.29, 0.717) is 6.54 Å². The lowest BCUT2D eigenvalue weighted by Crippen LogP contribution is -2.34. The maximum atomic E-state index is 9.85. The maximum Gasteiger partial charge on any atom is 0.137 e. The molecule has 0 aliphatic rings. The van der Waals surface area contributed by atoms with Crippen molar-refractivity contribution in [2.75, 3.05) is 13.1 Å². The van der Waals surface area contributed by atoms with Gasteiger partial charge < -0.3 is 15.8 Å². The highest BCUT2D eigenvalue weighted by Gasteiger charge is 1.94. The van der Waals surface area contributed by atoms with Crippen LogP contribution in [0.3, 0.4) is 0 Å². The molecule has 3 nitrogen and oxygen atoms in total. The Bertz CT molecular complexity index is 65.4. The van der Waals surface area contributed by atoms with Gasteiger partial charge in [0, 0.05) is 6.54 Å². The first-order valence-corrected chi connectivity index (χ1v) is 2.72. The Kier molecular flexibility index (Phi) is 4.50. The molecule has 0 aromatic rings. The number of hydrogen-bond donors (Lipinski definition) is 2. The highest BCUT2D eigenvalue weighted by atomic mass is 16.1. The molecule has 0 saturated carbocycles. The SMILES string of the molecule is CCNCC(N)C=O. The molecule has 0 heterocycles. The van der Waals surface area contributed by atoms with Crippen molar-refractivity contribution in [3.63, 3.8) is 0 Å². The Morgan fingerprint density at radius 3 is 2.88 bits per heavy atom. The molecule has 3 N–H and O–H groups in total. The van der Waals surface area contributed by atoms with Crippen molar-refractivity contribution >= 4 is 6.29 Å². The predicted octanol–water partition coefficient (Wildman–Crippen LogP) is -0.878. The van der Waals surface area contributed by atoms with Gasteiger partial charge in [0.2, 0.25) is 0 Å². The number of carbonyl (C=O) groups is 1. The van der Waals surface area contributed by atoms with Crippen molar-refractivity contribution in [2.45, 2.75) is 13.0 Å². The van der Waals surface area contributed by atoms with E-state index in [2.05, 4.69) is 5.32 Å². The van der Waals surface area contributed by atoms with Gasteiger partial charge in [-0.1, -0.05) is 6.92 Å². The molecule has 0 bridgehead atoms. The smallest absolute Gasteiger partial charge is 0.137 e. The van der Waals surface area contributed by atoms with Gasteiger partial charge in [-0.25, -0.2) is 0 Å². The zero-order chi connectivity index (χ0) is 6.41. The maximum absolute atomic E-state index is 9.85. The lowest BCUT2D eigenvalue weighted by molar-refractivity contribution is -0.108. The summed E-state index contributed by atoms with van der Waals surface area (Å²) < 4.78 is 0. The molecule has 0 aliphatic carbocycles.